The van der Waals surface area contributed by atoms with Crippen molar-refractivity contribution in [1.82, 2.24) is 4.98 Å². The van der Waals surface area contributed by atoms with E-state index in [0.717, 1.165) is 36.3 Å². The second-order valence-corrected chi connectivity index (χ2v) is 5.56. The van der Waals surface area contributed by atoms with Crippen LogP contribution in [0.1, 0.15) is 38.8 Å². The van der Waals surface area contributed by atoms with Crippen molar-refractivity contribution >= 4 is 5.82 Å². The average Bonchev–Trinajstić information content (AvgIpc) is 2.27. The molecule has 1 aromatic rings. The number of nitrogens with two attached hydrogens (primary N) is 1. The Kier molecular flexibility index (Phi) is 3.67. The van der Waals surface area contributed by atoms with E-state index in [2.05, 4.69) is 29.8 Å². The zero-order valence-electron chi connectivity index (χ0n) is 11.1. The standard InChI is InChI=1S/C14H23N3/c1-10-7-11(2)9-17(8-10)14-13(12(3)15)5-4-6-16-14/h4-6,10-12H,7-9,15H2,1-3H3/t10?,11?,12-/m0/s1. The lowest BCUT2D eigenvalue weighted by molar-refractivity contribution is 0.354. The summed E-state index contributed by atoms with van der Waals surface area (Å²) >= 11 is 0. The lowest BCUT2D eigenvalue weighted by Crippen LogP contribution is -2.40. The van der Waals surface area contributed by atoms with Crippen LogP contribution in [0.4, 0.5) is 5.82 Å². The van der Waals surface area contributed by atoms with Gasteiger partial charge in [0.1, 0.15) is 5.82 Å². The summed E-state index contributed by atoms with van der Waals surface area (Å²) in [6, 6.07) is 4.11. The quantitative estimate of drug-likeness (QED) is 0.853. The van der Waals surface area contributed by atoms with Crippen LogP contribution < -0.4 is 10.6 Å². The summed E-state index contributed by atoms with van der Waals surface area (Å²) < 4.78 is 0. The molecule has 0 radical (unpaired) electrons. The van der Waals surface area contributed by atoms with Gasteiger partial charge in [0.25, 0.3) is 0 Å². The number of anilines is 1. The van der Waals surface area contributed by atoms with Gasteiger partial charge in [-0.05, 0) is 31.2 Å². The highest BCUT2D eigenvalue weighted by molar-refractivity contribution is 5.48. The van der Waals surface area contributed by atoms with E-state index >= 15 is 0 Å². The van der Waals surface area contributed by atoms with Gasteiger partial charge in [0.15, 0.2) is 0 Å². The summed E-state index contributed by atoms with van der Waals surface area (Å²) in [7, 11) is 0. The Morgan fingerprint density at radius 2 is 2.00 bits per heavy atom. The highest BCUT2D eigenvalue weighted by Gasteiger charge is 2.24. The number of piperidine rings is 1. The zero-order chi connectivity index (χ0) is 12.4. The minimum absolute atomic E-state index is 0.0474. The predicted octanol–water partition coefficient (Wildman–Crippen LogP) is 2.58. The second-order valence-electron chi connectivity index (χ2n) is 5.56. The number of aromatic nitrogens is 1. The van der Waals surface area contributed by atoms with Crippen molar-refractivity contribution in [3.05, 3.63) is 23.9 Å². The van der Waals surface area contributed by atoms with Crippen molar-refractivity contribution in [2.75, 3.05) is 18.0 Å². The van der Waals surface area contributed by atoms with Gasteiger partial charge in [0.2, 0.25) is 0 Å². The average molecular weight is 233 g/mol. The van der Waals surface area contributed by atoms with Gasteiger partial charge in [-0.25, -0.2) is 4.98 Å². The molecule has 3 atom stereocenters. The van der Waals surface area contributed by atoms with E-state index in [4.69, 9.17) is 5.73 Å². The van der Waals surface area contributed by atoms with E-state index in [1.807, 2.05) is 19.2 Å². The third kappa shape index (κ3) is 2.78. The summed E-state index contributed by atoms with van der Waals surface area (Å²) in [5.74, 6) is 2.56. The number of rotatable bonds is 2. The van der Waals surface area contributed by atoms with Crippen molar-refractivity contribution in [2.45, 2.75) is 33.2 Å². The molecule has 0 aliphatic carbocycles. The smallest absolute Gasteiger partial charge is 0.133 e. The van der Waals surface area contributed by atoms with E-state index in [9.17, 15) is 0 Å². The van der Waals surface area contributed by atoms with E-state index in [1.165, 1.54) is 6.42 Å². The fraction of sp³-hybridized carbons (Fsp3) is 0.643. The molecule has 2 rings (SSSR count). The van der Waals surface area contributed by atoms with Crippen molar-refractivity contribution in [2.24, 2.45) is 17.6 Å². The van der Waals surface area contributed by atoms with Gasteiger partial charge in [-0.2, -0.15) is 0 Å². The molecule has 2 heterocycles. The molecule has 1 aromatic heterocycles. The molecule has 2 N–H and O–H groups in total. The van der Waals surface area contributed by atoms with Crippen molar-refractivity contribution in [1.29, 1.82) is 0 Å². The molecule has 0 amide bonds. The van der Waals surface area contributed by atoms with E-state index in [-0.39, 0.29) is 6.04 Å². The molecule has 1 aliphatic rings. The Morgan fingerprint density at radius 3 is 2.59 bits per heavy atom. The van der Waals surface area contributed by atoms with E-state index in [1.54, 1.807) is 0 Å². The Labute approximate surface area is 104 Å². The summed E-state index contributed by atoms with van der Waals surface area (Å²) in [6.07, 6.45) is 3.18. The van der Waals surface area contributed by atoms with E-state index < -0.39 is 0 Å². The maximum absolute atomic E-state index is 6.02. The topological polar surface area (TPSA) is 42.2 Å². The monoisotopic (exact) mass is 233 g/mol. The summed E-state index contributed by atoms with van der Waals surface area (Å²) in [6.45, 7) is 8.85. The molecule has 0 bridgehead atoms. The summed E-state index contributed by atoms with van der Waals surface area (Å²) in [5.41, 5.74) is 7.18. The summed E-state index contributed by atoms with van der Waals surface area (Å²) in [4.78, 5) is 6.94. The van der Waals surface area contributed by atoms with Crippen molar-refractivity contribution in [3.63, 3.8) is 0 Å². The molecule has 17 heavy (non-hydrogen) atoms. The van der Waals surface area contributed by atoms with Crippen molar-refractivity contribution in [3.8, 4) is 0 Å². The molecule has 1 aliphatic heterocycles. The maximum atomic E-state index is 6.02. The molecule has 3 heteroatoms. The van der Waals surface area contributed by atoms with Crippen LogP contribution >= 0.6 is 0 Å². The van der Waals surface area contributed by atoms with Crippen LogP contribution in [0.5, 0.6) is 0 Å². The first-order valence-corrected chi connectivity index (χ1v) is 6.53. The molecular formula is C14H23N3. The lowest BCUT2D eigenvalue weighted by atomic mass is 9.91. The van der Waals surface area contributed by atoms with Gasteiger partial charge in [-0.1, -0.05) is 19.9 Å². The largest absolute Gasteiger partial charge is 0.356 e. The zero-order valence-corrected chi connectivity index (χ0v) is 11.1. The highest BCUT2D eigenvalue weighted by Crippen LogP contribution is 2.29. The van der Waals surface area contributed by atoms with Gasteiger partial charge >= 0.3 is 0 Å². The van der Waals surface area contributed by atoms with Crippen LogP contribution in [0.3, 0.4) is 0 Å². The fourth-order valence-electron chi connectivity index (χ4n) is 2.86. The van der Waals surface area contributed by atoms with Gasteiger partial charge < -0.3 is 10.6 Å². The molecule has 0 aromatic carbocycles. The Balaban J connectivity index is 2.27. The predicted molar refractivity (Wildman–Crippen MR) is 72.0 cm³/mol. The Bertz CT molecular complexity index is 365. The van der Waals surface area contributed by atoms with Gasteiger partial charge in [0.05, 0.1) is 0 Å². The minimum atomic E-state index is 0.0474. The molecule has 1 saturated heterocycles. The van der Waals surface area contributed by atoms with Crippen LogP contribution in [0, 0.1) is 11.8 Å². The molecule has 94 valence electrons. The first-order chi connectivity index (χ1) is 8.08. The van der Waals surface area contributed by atoms with Crippen LogP contribution in [-0.4, -0.2) is 18.1 Å². The molecule has 0 saturated carbocycles. The normalized spacial score (nSPS) is 26.9. The molecule has 1 fully saturated rings. The molecule has 3 nitrogen and oxygen atoms in total. The second kappa shape index (κ2) is 5.05. The SMILES string of the molecule is CC1CC(C)CN(c2ncccc2[C@H](C)N)C1. The number of hydrogen-bond acceptors (Lipinski definition) is 3. The Hall–Kier alpha value is -1.09. The third-order valence-electron chi connectivity index (χ3n) is 3.48. The first kappa shape index (κ1) is 12.4. The first-order valence-electron chi connectivity index (χ1n) is 6.53. The number of hydrogen-bond donors (Lipinski definition) is 1. The molecular weight excluding hydrogens is 210 g/mol. The molecule has 2 unspecified atom stereocenters. The lowest BCUT2D eigenvalue weighted by Gasteiger charge is -2.37. The Morgan fingerprint density at radius 1 is 1.35 bits per heavy atom. The minimum Gasteiger partial charge on any atom is -0.356 e. The fourth-order valence-corrected chi connectivity index (χ4v) is 2.86. The van der Waals surface area contributed by atoms with Crippen LogP contribution in [0.25, 0.3) is 0 Å². The maximum Gasteiger partial charge on any atom is 0.133 e. The molecule has 0 spiro atoms. The van der Waals surface area contributed by atoms with Crippen LogP contribution in [-0.2, 0) is 0 Å². The van der Waals surface area contributed by atoms with Crippen molar-refractivity contribution < 1.29 is 0 Å². The van der Waals surface area contributed by atoms with Gasteiger partial charge in [-0.3, -0.25) is 0 Å². The van der Waals surface area contributed by atoms with Gasteiger partial charge in [0, 0.05) is 30.9 Å². The number of pyridine rings is 1. The van der Waals surface area contributed by atoms with Gasteiger partial charge in [-0.15, -0.1) is 0 Å². The summed E-state index contributed by atoms with van der Waals surface area (Å²) in [5, 5.41) is 0. The number of nitrogens with zero attached hydrogens (tertiary/aromatic N) is 2. The van der Waals surface area contributed by atoms with E-state index in [0.29, 0.717) is 0 Å². The van der Waals surface area contributed by atoms with Crippen LogP contribution in [0.15, 0.2) is 18.3 Å². The third-order valence-corrected chi connectivity index (χ3v) is 3.48. The highest BCUT2D eigenvalue weighted by atomic mass is 15.2. The van der Waals surface area contributed by atoms with Crippen LogP contribution in [0.2, 0.25) is 0 Å².